The standard InChI is InChI=1S/C16H16N2O2/c1-20-16-14(3-2-7-17-16)10-18-8-6-13-9-12(11-19)4-5-15(13)18/h2-9,19H,10-11H2,1H3. The number of rotatable bonds is 4. The van der Waals surface area contributed by atoms with Gasteiger partial charge in [0.2, 0.25) is 5.88 Å². The van der Waals surface area contributed by atoms with Crippen molar-refractivity contribution >= 4 is 10.9 Å². The molecule has 0 saturated carbocycles. The molecule has 4 heteroatoms. The summed E-state index contributed by atoms with van der Waals surface area (Å²) in [6, 6.07) is 12.0. The number of fused-ring (bicyclic) bond motifs is 1. The van der Waals surface area contributed by atoms with Crippen LogP contribution in [-0.4, -0.2) is 21.8 Å². The Balaban J connectivity index is 1.99. The Hall–Kier alpha value is -2.33. The van der Waals surface area contributed by atoms with Crippen LogP contribution in [0, 0.1) is 0 Å². The lowest BCUT2D eigenvalue weighted by atomic mass is 10.1. The van der Waals surface area contributed by atoms with E-state index in [4.69, 9.17) is 4.74 Å². The van der Waals surface area contributed by atoms with Gasteiger partial charge in [0, 0.05) is 23.5 Å². The van der Waals surface area contributed by atoms with Gasteiger partial charge in [0.05, 0.1) is 20.3 Å². The van der Waals surface area contributed by atoms with Crippen molar-refractivity contribution in [2.24, 2.45) is 0 Å². The highest BCUT2D eigenvalue weighted by molar-refractivity contribution is 5.81. The lowest BCUT2D eigenvalue weighted by Gasteiger charge is -2.09. The molecule has 3 aromatic rings. The zero-order valence-corrected chi connectivity index (χ0v) is 11.3. The molecule has 2 aromatic heterocycles. The largest absolute Gasteiger partial charge is 0.481 e. The molecule has 0 bridgehead atoms. The van der Waals surface area contributed by atoms with Crippen LogP contribution in [0.25, 0.3) is 10.9 Å². The maximum absolute atomic E-state index is 9.18. The minimum atomic E-state index is 0.0670. The number of aromatic nitrogens is 2. The molecule has 1 aromatic carbocycles. The molecule has 0 spiro atoms. The molecule has 0 fully saturated rings. The number of benzene rings is 1. The second-order valence-electron chi connectivity index (χ2n) is 4.67. The average Bonchev–Trinajstić information content (AvgIpc) is 2.90. The van der Waals surface area contributed by atoms with E-state index < -0.39 is 0 Å². The molecule has 0 aliphatic carbocycles. The zero-order valence-electron chi connectivity index (χ0n) is 11.3. The predicted octanol–water partition coefficient (Wildman–Crippen LogP) is 2.59. The summed E-state index contributed by atoms with van der Waals surface area (Å²) in [6.45, 7) is 0.774. The second-order valence-corrected chi connectivity index (χ2v) is 4.67. The molecule has 0 atom stereocenters. The normalized spacial score (nSPS) is 10.9. The van der Waals surface area contributed by atoms with Gasteiger partial charge in [0.1, 0.15) is 0 Å². The highest BCUT2D eigenvalue weighted by atomic mass is 16.5. The van der Waals surface area contributed by atoms with Crippen molar-refractivity contribution in [2.45, 2.75) is 13.2 Å². The zero-order chi connectivity index (χ0) is 13.9. The number of ether oxygens (including phenoxy) is 1. The summed E-state index contributed by atoms with van der Waals surface area (Å²) in [5.41, 5.74) is 3.10. The Bertz CT molecular complexity index is 734. The molecule has 20 heavy (non-hydrogen) atoms. The van der Waals surface area contributed by atoms with E-state index in [0.717, 1.165) is 22.0 Å². The van der Waals surface area contributed by atoms with E-state index in [2.05, 4.69) is 15.6 Å². The summed E-state index contributed by atoms with van der Waals surface area (Å²) in [5, 5.41) is 10.3. The van der Waals surface area contributed by atoms with E-state index in [1.165, 1.54) is 0 Å². The van der Waals surface area contributed by atoms with Crippen LogP contribution in [-0.2, 0) is 13.2 Å². The third-order valence-electron chi connectivity index (χ3n) is 3.40. The van der Waals surface area contributed by atoms with Gasteiger partial charge in [-0.2, -0.15) is 0 Å². The van der Waals surface area contributed by atoms with Crippen molar-refractivity contribution < 1.29 is 9.84 Å². The molecule has 4 nitrogen and oxygen atoms in total. The molecule has 1 N–H and O–H groups in total. The molecule has 3 rings (SSSR count). The molecule has 0 aliphatic heterocycles. The fraction of sp³-hybridized carbons (Fsp3) is 0.188. The fourth-order valence-corrected chi connectivity index (χ4v) is 2.40. The lowest BCUT2D eigenvalue weighted by molar-refractivity contribution is 0.282. The van der Waals surface area contributed by atoms with Crippen molar-refractivity contribution in [3.63, 3.8) is 0 Å². The fourth-order valence-electron chi connectivity index (χ4n) is 2.40. The maximum Gasteiger partial charge on any atom is 0.218 e. The average molecular weight is 268 g/mol. The molecule has 0 amide bonds. The minimum absolute atomic E-state index is 0.0670. The molecule has 102 valence electrons. The Morgan fingerprint density at radius 3 is 2.95 bits per heavy atom. The van der Waals surface area contributed by atoms with E-state index in [-0.39, 0.29) is 6.61 Å². The first-order chi connectivity index (χ1) is 9.81. The van der Waals surface area contributed by atoms with Gasteiger partial charge < -0.3 is 14.4 Å². The van der Waals surface area contributed by atoms with Gasteiger partial charge in [-0.25, -0.2) is 4.98 Å². The van der Waals surface area contributed by atoms with Gasteiger partial charge in [-0.3, -0.25) is 0 Å². The van der Waals surface area contributed by atoms with Crippen LogP contribution in [0.1, 0.15) is 11.1 Å². The summed E-state index contributed by atoms with van der Waals surface area (Å²) in [5.74, 6) is 0.654. The van der Waals surface area contributed by atoms with Gasteiger partial charge in [-0.15, -0.1) is 0 Å². The van der Waals surface area contributed by atoms with Crippen LogP contribution >= 0.6 is 0 Å². The van der Waals surface area contributed by atoms with E-state index in [9.17, 15) is 5.11 Å². The summed E-state index contributed by atoms with van der Waals surface area (Å²) in [4.78, 5) is 4.22. The van der Waals surface area contributed by atoms with Crippen molar-refractivity contribution in [1.29, 1.82) is 0 Å². The van der Waals surface area contributed by atoms with E-state index in [1.54, 1.807) is 13.3 Å². The van der Waals surface area contributed by atoms with Gasteiger partial charge in [0.15, 0.2) is 0 Å². The summed E-state index contributed by atoms with van der Waals surface area (Å²) >= 11 is 0. The highest BCUT2D eigenvalue weighted by Gasteiger charge is 2.07. The topological polar surface area (TPSA) is 47.3 Å². The van der Waals surface area contributed by atoms with Crippen LogP contribution in [0.5, 0.6) is 5.88 Å². The van der Waals surface area contributed by atoms with E-state index in [0.29, 0.717) is 12.4 Å². The molecule has 0 unspecified atom stereocenters. The summed E-state index contributed by atoms with van der Waals surface area (Å²) in [6.07, 6.45) is 3.77. The van der Waals surface area contributed by atoms with Crippen LogP contribution in [0.4, 0.5) is 0 Å². The van der Waals surface area contributed by atoms with Crippen LogP contribution < -0.4 is 4.74 Å². The third-order valence-corrected chi connectivity index (χ3v) is 3.40. The van der Waals surface area contributed by atoms with Crippen molar-refractivity contribution in [2.75, 3.05) is 7.11 Å². The summed E-state index contributed by atoms with van der Waals surface area (Å²) < 4.78 is 7.43. The molecule has 0 radical (unpaired) electrons. The number of aliphatic hydroxyl groups excluding tert-OH is 1. The molecule has 0 saturated heterocycles. The van der Waals surface area contributed by atoms with Gasteiger partial charge in [-0.1, -0.05) is 12.1 Å². The number of aliphatic hydroxyl groups is 1. The van der Waals surface area contributed by atoms with Crippen LogP contribution in [0.2, 0.25) is 0 Å². The number of hydrogen-bond donors (Lipinski definition) is 1. The Morgan fingerprint density at radius 1 is 1.25 bits per heavy atom. The predicted molar refractivity (Wildman–Crippen MR) is 77.8 cm³/mol. The van der Waals surface area contributed by atoms with Crippen LogP contribution in [0.15, 0.2) is 48.8 Å². The number of methoxy groups -OCH3 is 1. The summed E-state index contributed by atoms with van der Waals surface area (Å²) in [7, 11) is 1.63. The molecular formula is C16H16N2O2. The highest BCUT2D eigenvalue weighted by Crippen LogP contribution is 2.21. The number of nitrogens with zero attached hydrogens (tertiary/aromatic N) is 2. The molecular weight excluding hydrogens is 252 g/mol. The second kappa shape index (κ2) is 5.35. The monoisotopic (exact) mass is 268 g/mol. The third kappa shape index (κ3) is 2.26. The Kier molecular flexibility index (Phi) is 3.39. The smallest absolute Gasteiger partial charge is 0.218 e. The number of pyridine rings is 1. The Morgan fingerprint density at radius 2 is 2.15 bits per heavy atom. The van der Waals surface area contributed by atoms with E-state index in [1.807, 2.05) is 36.5 Å². The maximum atomic E-state index is 9.18. The van der Waals surface area contributed by atoms with Gasteiger partial charge >= 0.3 is 0 Å². The minimum Gasteiger partial charge on any atom is -0.481 e. The van der Waals surface area contributed by atoms with Crippen molar-refractivity contribution in [1.82, 2.24) is 9.55 Å². The van der Waals surface area contributed by atoms with Crippen molar-refractivity contribution in [3.8, 4) is 5.88 Å². The quantitative estimate of drug-likeness (QED) is 0.791. The number of hydrogen-bond acceptors (Lipinski definition) is 3. The van der Waals surface area contributed by atoms with Crippen LogP contribution in [0.3, 0.4) is 0 Å². The first-order valence-corrected chi connectivity index (χ1v) is 6.48. The van der Waals surface area contributed by atoms with Gasteiger partial charge in [-0.05, 0) is 35.2 Å². The molecule has 0 aliphatic rings. The van der Waals surface area contributed by atoms with Gasteiger partial charge in [0.25, 0.3) is 0 Å². The molecule has 2 heterocycles. The first-order valence-electron chi connectivity index (χ1n) is 6.48. The Labute approximate surface area is 117 Å². The van der Waals surface area contributed by atoms with Crippen molar-refractivity contribution in [3.05, 3.63) is 59.9 Å². The van der Waals surface area contributed by atoms with E-state index >= 15 is 0 Å². The lowest BCUT2D eigenvalue weighted by Crippen LogP contribution is -2.01. The first kappa shape index (κ1) is 12.7. The SMILES string of the molecule is COc1ncccc1Cn1ccc2cc(CO)ccc21.